The van der Waals surface area contributed by atoms with Crippen molar-refractivity contribution in [2.45, 2.75) is 115 Å². The van der Waals surface area contributed by atoms with Crippen molar-refractivity contribution in [3.63, 3.8) is 0 Å². The molecule has 0 radical (unpaired) electrons. The maximum absolute atomic E-state index is 4.96. The first kappa shape index (κ1) is 18.0. The van der Waals surface area contributed by atoms with E-state index in [4.69, 9.17) is 4.98 Å². The second-order valence-electron chi connectivity index (χ2n) is 8.27. The van der Waals surface area contributed by atoms with E-state index in [9.17, 15) is 0 Å². The molecule has 2 aliphatic carbocycles. The highest BCUT2D eigenvalue weighted by Gasteiger charge is 2.22. The van der Waals surface area contributed by atoms with Gasteiger partial charge in [-0.3, -0.25) is 4.98 Å². The number of nitrogens with zero attached hydrogens (tertiary/aromatic N) is 1. The summed E-state index contributed by atoms with van der Waals surface area (Å²) in [6, 6.07) is 4.62. The molecule has 0 aliphatic heterocycles. The van der Waals surface area contributed by atoms with Crippen LogP contribution < -0.4 is 0 Å². The van der Waals surface area contributed by atoms with E-state index in [1.54, 1.807) is 5.56 Å². The molecule has 0 atom stereocenters. The molecule has 0 saturated heterocycles. The number of rotatable bonds is 2. The third-order valence-corrected chi connectivity index (χ3v) is 6.41. The lowest BCUT2D eigenvalue weighted by atomic mass is 9.83. The van der Waals surface area contributed by atoms with E-state index >= 15 is 0 Å². The first-order valence-electron chi connectivity index (χ1n) is 10.9. The number of aromatic nitrogens is 1. The fraction of sp³-hybridized carbons (Fsp3) is 0.783. The van der Waals surface area contributed by atoms with E-state index in [1.165, 1.54) is 108 Å². The summed E-state index contributed by atoms with van der Waals surface area (Å²) in [5, 5.41) is 0. The van der Waals surface area contributed by atoms with Crippen LogP contribution in [0.25, 0.3) is 0 Å². The van der Waals surface area contributed by atoms with Crippen LogP contribution in [0.1, 0.15) is 126 Å². The number of pyridine rings is 1. The summed E-state index contributed by atoms with van der Waals surface area (Å²) in [5.41, 5.74) is 3.12. The molecule has 0 bridgehead atoms. The summed E-state index contributed by atoms with van der Waals surface area (Å²) in [4.78, 5) is 4.96. The SMILES string of the molecule is c1cnc(C2CCCCCCCC2)c(C2CCCCCCCC2)c1. The Morgan fingerprint density at radius 2 is 1.04 bits per heavy atom. The van der Waals surface area contributed by atoms with Gasteiger partial charge < -0.3 is 0 Å². The van der Waals surface area contributed by atoms with E-state index < -0.39 is 0 Å². The molecule has 24 heavy (non-hydrogen) atoms. The van der Waals surface area contributed by atoms with Gasteiger partial charge in [0.2, 0.25) is 0 Å². The number of hydrogen-bond donors (Lipinski definition) is 0. The lowest BCUT2D eigenvalue weighted by molar-refractivity contribution is 0.496. The van der Waals surface area contributed by atoms with E-state index in [1.807, 2.05) is 0 Å². The van der Waals surface area contributed by atoms with Crippen molar-refractivity contribution >= 4 is 0 Å². The van der Waals surface area contributed by atoms with Crippen LogP contribution in [0.4, 0.5) is 0 Å². The second kappa shape index (κ2) is 10.2. The Morgan fingerprint density at radius 3 is 1.58 bits per heavy atom. The van der Waals surface area contributed by atoms with Crippen molar-refractivity contribution in [1.82, 2.24) is 4.98 Å². The van der Waals surface area contributed by atoms with Crippen LogP contribution in [0, 0.1) is 0 Å². The zero-order chi connectivity index (χ0) is 16.5. The molecule has 2 fully saturated rings. The molecule has 1 aromatic rings. The van der Waals surface area contributed by atoms with Crippen molar-refractivity contribution in [3.8, 4) is 0 Å². The van der Waals surface area contributed by atoms with Gasteiger partial charge in [0.05, 0.1) is 0 Å². The van der Waals surface area contributed by atoms with E-state index in [2.05, 4.69) is 18.3 Å². The molecule has 2 saturated carbocycles. The quantitative estimate of drug-likeness (QED) is 0.547. The summed E-state index contributed by atoms with van der Waals surface area (Å²) in [6.07, 6.45) is 24.8. The predicted octanol–water partition coefficient (Wildman–Crippen LogP) is 7.52. The lowest BCUT2D eigenvalue weighted by Gasteiger charge is -2.24. The van der Waals surface area contributed by atoms with Crippen LogP contribution in [-0.2, 0) is 0 Å². The summed E-state index contributed by atoms with van der Waals surface area (Å²) in [6.45, 7) is 0. The van der Waals surface area contributed by atoms with Gasteiger partial charge in [-0.15, -0.1) is 0 Å². The highest BCUT2D eigenvalue weighted by atomic mass is 14.7. The Bertz CT molecular complexity index is 404. The fourth-order valence-electron chi connectivity index (χ4n) is 4.97. The summed E-state index contributed by atoms with van der Waals surface area (Å²) in [7, 11) is 0. The zero-order valence-electron chi connectivity index (χ0n) is 15.6. The monoisotopic (exact) mass is 327 g/mol. The average Bonchev–Trinajstić information content (AvgIpc) is 2.84. The van der Waals surface area contributed by atoms with E-state index in [0.29, 0.717) is 0 Å². The predicted molar refractivity (Wildman–Crippen MR) is 104 cm³/mol. The molecule has 0 N–H and O–H groups in total. The largest absolute Gasteiger partial charge is 0.261 e. The molecule has 0 spiro atoms. The first-order valence-corrected chi connectivity index (χ1v) is 10.9. The van der Waals surface area contributed by atoms with Crippen molar-refractivity contribution in [2.24, 2.45) is 0 Å². The minimum absolute atomic E-state index is 0.729. The van der Waals surface area contributed by atoms with Crippen LogP contribution in [0.5, 0.6) is 0 Å². The Kier molecular flexibility index (Phi) is 7.64. The van der Waals surface area contributed by atoms with Crippen LogP contribution in [0.15, 0.2) is 18.3 Å². The van der Waals surface area contributed by atoms with Crippen LogP contribution >= 0.6 is 0 Å². The molecule has 0 amide bonds. The fourth-order valence-corrected chi connectivity index (χ4v) is 4.97. The summed E-state index contributed by atoms with van der Waals surface area (Å²) in [5.74, 6) is 1.51. The van der Waals surface area contributed by atoms with Gasteiger partial charge in [0, 0.05) is 17.8 Å². The molecule has 0 unspecified atom stereocenters. The van der Waals surface area contributed by atoms with Gasteiger partial charge >= 0.3 is 0 Å². The topological polar surface area (TPSA) is 12.9 Å². The van der Waals surface area contributed by atoms with Crippen molar-refractivity contribution in [1.29, 1.82) is 0 Å². The molecule has 1 heterocycles. The molecule has 1 heteroatoms. The lowest BCUT2D eigenvalue weighted by Crippen LogP contribution is -2.10. The molecule has 3 rings (SSSR count). The van der Waals surface area contributed by atoms with Gasteiger partial charge in [-0.25, -0.2) is 0 Å². The Labute approximate surface area is 149 Å². The van der Waals surface area contributed by atoms with Crippen molar-refractivity contribution in [2.75, 3.05) is 0 Å². The third-order valence-electron chi connectivity index (χ3n) is 6.41. The smallest absolute Gasteiger partial charge is 0.0469 e. The molecule has 2 aliphatic rings. The van der Waals surface area contributed by atoms with Gasteiger partial charge in [0.1, 0.15) is 0 Å². The van der Waals surface area contributed by atoms with Gasteiger partial charge in [-0.1, -0.05) is 83.1 Å². The first-order chi connectivity index (χ1) is 11.9. The van der Waals surface area contributed by atoms with Gasteiger partial charge in [-0.05, 0) is 43.2 Å². The van der Waals surface area contributed by atoms with Crippen LogP contribution in [-0.4, -0.2) is 4.98 Å². The molecular weight excluding hydrogens is 290 g/mol. The normalized spacial score (nSPS) is 23.3. The maximum Gasteiger partial charge on any atom is 0.0469 e. The standard InChI is InChI=1S/C23H37N/c1-2-6-10-15-20(14-9-5-1)22-18-13-19-24-23(22)21-16-11-7-3-4-8-12-17-21/h13,18-21H,1-12,14-17H2. The van der Waals surface area contributed by atoms with Crippen molar-refractivity contribution < 1.29 is 0 Å². The van der Waals surface area contributed by atoms with Gasteiger partial charge in [0.15, 0.2) is 0 Å². The molecule has 0 aromatic carbocycles. The van der Waals surface area contributed by atoms with E-state index in [-0.39, 0.29) is 0 Å². The van der Waals surface area contributed by atoms with Crippen molar-refractivity contribution in [3.05, 3.63) is 29.6 Å². The zero-order valence-corrected chi connectivity index (χ0v) is 15.6. The molecule has 1 aromatic heterocycles. The number of hydrogen-bond acceptors (Lipinski definition) is 1. The summed E-state index contributed by atoms with van der Waals surface area (Å²) < 4.78 is 0. The molecule has 1 nitrogen and oxygen atoms in total. The van der Waals surface area contributed by atoms with E-state index in [0.717, 1.165) is 11.8 Å². The summed E-state index contributed by atoms with van der Waals surface area (Å²) >= 11 is 0. The average molecular weight is 328 g/mol. The van der Waals surface area contributed by atoms with Crippen LogP contribution in [0.3, 0.4) is 0 Å². The maximum atomic E-state index is 4.96. The molecule has 134 valence electrons. The Balaban J connectivity index is 1.77. The Hall–Kier alpha value is -0.850. The van der Waals surface area contributed by atoms with Gasteiger partial charge in [0.25, 0.3) is 0 Å². The van der Waals surface area contributed by atoms with Gasteiger partial charge in [-0.2, -0.15) is 0 Å². The minimum Gasteiger partial charge on any atom is -0.261 e. The Morgan fingerprint density at radius 1 is 0.583 bits per heavy atom. The second-order valence-corrected chi connectivity index (χ2v) is 8.27. The van der Waals surface area contributed by atoms with Crippen LogP contribution in [0.2, 0.25) is 0 Å². The third kappa shape index (κ3) is 5.33. The highest BCUT2D eigenvalue weighted by molar-refractivity contribution is 5.27. The molecular formula is C23H37N. The minimum atomic E-state index is 0.729. The highest BCUT2D eigenvalue weighted by Crippen LogP contribution is 2.37.